The molecule has 0 spiro atoms. The van der Waals surface area contributed by atoms with Gasteiger partial charge in [0, 0.05) is 11.1 Å². The number of nitrogens with zero attached hydrogens (tertiary/aromatic N) is 3. The third-order valence-corrected chi connectivity index (χ3v) is 5.21. The van der Waals surface area contributed by atoms with E-state index in [-0.39, 0.29) is 11.9 Å². The van der Waals surface area contributed by atoms with Crippen LogP contribution in [-0.4, -0.2) is 35.3 Å². The molecule has 1 aliphatic rings. The van der Waals surface area contributed by atoms with Crippen molar-refractivity contribution in [1.82, 2.24) is 9.97 Å². The molecular formula is C23H19ClN4O4. The lowest BCUT2D eigenvalue weighted by Crippen LogP contribution is -2.26. The number of hydrogen-bond donors (Lipinski definition) is 1. The molecule has 5 rings (SSSR count). The zero-order valence-electron chi connectivity index (χ0n) is 16.9. The van der Waals surface area contributed by atoms with E-state index in [1.54, 1.807) is 17.2 Å². The minimum absolute atomic E-state index is 0.0954. The Kier molecular flexibility index (Phi) is 5.51. The van der Waals surface area contributed by atoms with E-state index in [0.29, 0.717) is 30.2 Å². The summed E-state index contributed by atoms with van der Waals surface area (Å²) in [6.07, 6.45) is 0.812. The molecule has 4 aromatic rings. The monoisotopic (exact) mass is 450 g/mol. The Balaban J connectivity index is 1.32. The van der Waals surface area contributed by atoms with Gasteiger partial charge in [0.25, 0.3) is 0 Å². The number of fused-ring (bicyclic) bond motifs is 1. The Morgan fingerprint density at radius 1 is 1.09 bits per heavy atom. The van der Waals surface area contributed by atoms with Crippen LogP contribution >= 0.6 is 11.6 Å². The van der Waals surface area contributed by atoms with Gasteiger partial charge < -0.3 is 19.2 Å². The maximum Gasteiger partial charge on any atom is 0.414 e. The van der Waals surface area contributed by atoms with E-state index < -0.39 is 12.2 Å². The molecule has 0 aliphatic carbocycles. The van der Waals surface area contributed by atoms with Gasteiger partial charge in [-0.1, -0.05) is 24.3 Å². The van der Waals surface area contributed by atoms with Gasteiger partial charge in [-0.2, -0.15) is 0 Å². The third-order valence-electron chi connectivity index (χ3n) is 5.04. The number of carbonyl (C=O) groups is 1. The fraction of sp³-hybridized carbons (Fsp3) is 0.174. The van der Waals surface area contributed by atoms with Crippen molar-refractivity contribution in [3.8, 4) is 5.75 Å². The zero-order valence-corrected chi connectivity index (χ0v) is 17.7. The molecular weight excluding hydrogens is 432 g/mol. The predicted octanol–water partition coefficient (Wildman–Crippen LogP) is 4.89. The van der Waals surface area contributed by atoms with Crippen LogP contribution in [0.4, 0.5) is 16.3 Å². The van der Waals surface area contributed by atoms with E-state index in [9.17, 15) is 4.79 Å². The number of ether oxygens (including phenoxy) is 2. The van der Waals surface area contributed by atoms with Gasteiger partial charge in [0.05, 0.1) is 19.4 Å². The van der Waals surface area contributed by atoms with Crippen molar-refractivity contribution in [3.63, 3.8) is 0 Å². The second kappa shape index (κ2) is 8.76. The highest BCUT2D eigenvalue weighted by Crippen LogP contribution is 2.30. The SMILES string of the molecule is O=C1OC(COc2cccc3c(NCc4ccco4)nc(Cl)nc23)CN1c1ccccc1. The third kappa shape index (κ3) is 4.17. The highest BCUT2D eigenvalue weighted by Gasteiger charge is 2.32. The van der Waals surface area contributed by atoms with Crippen LogP contribution in [0, 0.1) is 0 Å². The lowest BCUT2D eigenvalue weighted by molar-refractivity contribution is 0.105. The van der Waals surface area contributed by atoms with Crippen LogP contribution in [0.5, 0.6) is 5.75 Å². The van der Waals surface area contributed by atoms with E-state index in [0.717, 1.165) is 16.8 Å². The summed E-state index contributed by atoms with van der Waals surface area (Å²) in [7, 11) is 0. The molecule has 162 valence electrons. The maximum absolute atomic E-state index is 12.3. The van der Waals surface area contributed by atoms with Crippen molar-refractivity contribution < 1.29 is 18.7 Å². The second-order valence-electron chi connectivity index (χ2n) is 7.19. The maximum atomic E-state index is 12.3. The van der Waals surface area contributed by atoms with Gasteiger partial charge in [-0.05, 0) is 48.0 Å². The molecule has 2 aromatic carbocycles. The lowest BCUT2D eigenvalue weighted by Gasteiger charge is -2.14. The zero-order chi connectivity index (χ0) is 21.9. The molecule has 1 aliphatic heterocycles. The first-order valence-electron chi connectivity index (χ1n) is 10.1. The second-order valence-corrected chi connectivity index (χ2v) is 7.53. The van der Waals surface area contributed by atoms with Gasteiger partial charge in [-0.15, -0.1) is 0 Å². The Hall–Kier alpha value is -3.78. The number of carbonyl (C=O) groups excluding carboxylic acids is 1. The number of rotatable bonds is 7. The largest absolute Gasteiger partial charge is 0.487 e. The first-order chi connectivity index (χ1) is 15.7. The molecule has 1 saturated heterocycles. The number of amides is 1. The van der Waals surface area contributed by atoms with E-state index in [2.05, 4.69) is 15.3 Å². The number of para-hydroxylation sites is 2. The van der Waals surface area contributed by atoms with Crippen LogP contribution in [0.25, 0.3) is 10.9 Å². The molecule has 1 amide bonds. The molecule has 1 unspecified atom stereocenters. The molecule has 0 saturated carbocycles. The standard InChI is InChI=1S/C23H19ClN4O4/c24-22-26-20-18(21(27-22)25-12-16-8-5-11-30-16)9-4-10-19(20)31-14-17-13-28(23(29)32-17)15-6-2-1-3-7-15/h1-11,17H,12-14H2,(H,25,26,27). The number of cyclic esters (lactones) is 1. The van der Waals surface area contributed by atoms with Crippen LogP contribution in [0.1, 0.15) is 5.76 Å². The van der Waals surface area contributed by atoms with Crippen molar-refractivity contribution in [2.24, 2.45) is 0 Å². The molecule has 1 atom stereocenters. The number of nitrogens with one attached hydrogen (secondary N) is 1. The Bertz CT molecular complexity index is 1230. The van der Waals surface area contributed by atoms with E-state index >= 15 is 0 Å². The van der Waals surface area contributed by atoms with Gasteiger partial charge in [0.1, 0.15) is 29.5 Å². The van der Waals surface area contributed by atoms with Gasteiger partial charge in [0.2, 0.25) is 5.28 Å². The number of hydrogen-bond acceptors (Lipinski definition) is 7. The summed E-state index contributed by atoms with van der Waals surface area (Å²) in [4.78, 5) is 22.5. The number of anilines is 2. The fourth-order valence-electron chi connectivity index (χ4n) is 3.54. The Morgan fingerprint density at radius 2 is 1.97 bits per heavy atom. The summed E-state index contributed by atoms with van der Waals surface area (Å²) in [5.74, 6) is 1.87. The average molecular weight is 451 g/mol. The number of furan rings is 1. The minimum Gasteiger partial charge on any atom is -0.487 e. The summed E-state index contributed by atoms with van der Waals surface area (Å²) in [5.41, 5.74) is 1.36. The molecule has 1 N–H and O–H groups in total. The van der Waals surface area contributed by atoms with Gasteiger partial charge >= 0.3 is 6.09 Å². The summed E-state index contributed by atoms with van der Waals surface area (Å²) in [6.45, 7) is 1.04. The smallest absolute Gasteiger partial charge is 0.414 e. The molecule has 0 radical (unpaired) electrons. The van der Waals surface area contributed by atoms with E-state index in [4.69, 9.17) is 25.5 Å². The number of halogens is 1. The summed E-state index contributed by atoms with van der Waals surface area (Å²) >= 11 is 6.17. The van der Waals surface area contributed by atoms with Gasteiger partial charge in [0.15, 0.2) is 6.10 Å². The van der Waals surface area contributed by atoms with Crippen LogP contribution in [0.3, 0.4) is 0 Å². The van der Waals surface area contributed by atoms with E-state index in [1.165, 1.54) is 0 Å². The molecule has 3 heterocycles. The fourth-order valence-corrected chi connectivity index (χ4v) is 3.71. The quantitative estimate of drug-likeness (QED) is 0.401. The van der Waals surface area contributed by atoms with E-state index in [1.807, 2.05) is 54.6 Å². The van der Waals surface area contributed by atoms with Crippen LogP contribution in [-0.2, 0) is 11.3 Å². The number of aromatic nitrogens is 2. The molecule has 32 heavy (non-hydrogen) atoms. The molecule has 8 nitrogen and oxygen atoms in total. The molecule has 9 heteroatoms. The van der Waals surface area contributed by atoms with Crippen LogP contribution in [0.15, 0.2) is 71.3 Å². The van der Waals surface area contributed by atoms with Gasteiger partial charge in [-0.25, -0.2) is 14.8 Å². The van der Waals surface area contributed by atoms with Crippen molar-refractivity contribution >= 4 is 40.1 Å². The Labute approximate surface area is 188 Å². The van der Waals surface area contributed by atoms with Gasteiger partial charge in [-0.3, -0.25) is 4.90 Å². The first kappa shape index (κ1) is 20.1. The molecule has 2 aromatic heterocycles. The first-order valence-corrected chi connectivity index (χ1v) is 10.4. The highest BCUT2D eigenvalue weighted by atomic mass is 35.5. The summed E-state index contributed by atoms with van der Waals surface area (Å²) in [6, 6.07) is 18.6. The summed E-state index contributed by atoms with van der Waals surface area (Å²) < 4.78 is 16.8. The minimum atomic E-state index is -0.410. The average Bonchev–Trinajstić information content (AvgIpc) is 3.46. The van der Waals surface area contributed by atoms with Crippen molar-refractivity contribution in [3.05, 3.63) is 78.0 Å². The van der Waals surface area contributed by atoms with Crippen molar-refractivity contribution in [2.45, 2.75) is 12.6 Å². The Morgan fingerprint density at radius 3 is 2.78 bits per heavy atom. The predicted molar refractivity (Wildman–Crippen MR) is 120 cm³/mol. The summed E-state index contributed by atoms with van der Waals surface area (Å²) in [5, 5.41) is 4.08. The van der Waals surface area contributed by atoms with Crippen molar-refractivity contribution in [2.75, 3.05) is 23.4 Å². The van der Waals surface area contributed by atoms with Crippen LogP contribution < -0.4 is 15.0 Å². The van der Waals surface area contributed by atoms with Crippen LogP contribution in [0.2, 0.25) is 5.28 Å². The highest BCUT2D eigenvalue weighted by molar-refractivity contribution is 6.29. The molecule has 1 fully saturated rings. The topological polar surface area (TPSA) is 89.7 Å². The normalized spacial score (nSPS) is 15.7. The lowest BCUT2D eigenvalue weighted by atomic mass is 10.2. The number of benzene rings is 2. The molecule has 0 bridgehead atoms. The van der Waals surface area contributed by atoms with Crippen molar-refractivity contribution in [1.29, 1.82) is 0 Å².